The van der Waals surface area contributed by atoms with Gasteiger partial charge in [-0.2, -0.15) is 4.98 Å². The van der Waals surface area contributed by atoms with Gasteiger partial charge in [0, 0.05) is 50.7 Å². The van der Waals surface area contributed by atoms with Crippen molar-refractivity contribution in [2.24, 2.45) is 0 Å². The number of aromatic amines is 1. The summed E-state index contributed by atoms with van der Waals surface area (Å²) < 4.78 is 0.877. The van der Waals surface area contributed by atoms with Crippen molar-refractivity contribution in [3.8, 4) is 5.69 Å². The van der Waals surface area contributed by atoms with E-state index in [1.807, 2.05) is 30.0 Å². The van der Waals surface area contributed by atoms with E-state index >= 15 is 0 Å². The summed E-state index contributed by atoms with van der Waals surface area (Å²) in [5.74, 6) is 0.317. The summed E-state index contributed by atoms with van der Waals surface area (Å²) in [6, 6.07) is 10.6. The number of benzene rings is 2. The van der Waals surface area contributed by atoms with Crippen LogP contribution < -0.4 is 21.5 Å². The number of fused-ring (bicyclic) bond motifs is 1. The minimum absolute atomic E-state index is 0.0867. The molecule has 0 unspecified atom stereocenters. The van der Waals surface area contributed by atoms with Gasteiger partial charge in [0.25, 0.3) is 5.56 Å². The molecule has 0 radical (unpaired) electrons. The zero-order chi connectivity index (χ0) is 26.3. The van der Waals surface area contributed by atoms with Crippen LogP contribution in [0, 0.1) is 6.92 Å². The maximum absolute atomic E-state index is 13.1. The normalized spacial score (nSPS) is 13.7. The summed E-state index contributed by atoms with van der Waals surface area (Å²) in [7, 11) is 0. The topological polar surface area (TPSA) is 116 Å². The quantitative estimate of drug-likeness (QED) is 0.407. The summed E-state index contributed by atoms with van der Waals surface area (Å²) in [5, 5.41) is 3.56. The van der Waals surface area contributed by atoms with Crippen LogP contribution in [-0.4, -0.2) is 56.5 Å². The lowest BCUT2D eigenvalue weighted by Gasteiger charge is -2.36. The monoisotopic (exact) mass is 539 g/mol. The Hall–Kier alpha value is -3.89. The standard InChI is InChI=1S/C25H23Cl2N7O3/c1-14-12-16(6-7-20(14)33-10-8-32(9-11-33)15(2)35)29-24-28-13-17-22(30-24)31-25(37)34(23(17)36)21-18(26)4-3-5-19(21)27/h3-7,12-13H,8-11H2,1-2H3,(H2,28,29,30,31,37). The Bertz CT molecular complexity index is 1620. The molecule has 0 spiro atoms. The summed E-state index contributed by atoms with van der Waals surface area (Å²) in [4.78, 5) is 52.8. The molecule has 2 aromatic heterocycles. The summed E-state index contributed by atoms with van der Waals surface area (Å²) in [5.41, 5.74) is 1.73. The molecule has 1 fully saturated rings. The minimum Gasteiger partial charge on any atom is -0.368 e. The number of para-hydroxylation sites is 1. The molecule has 1 aliphatic heterocycles. The van der Waals surface area contributed by atoms with Crippen molar-refractivity contribution in [2.45, 2.75) is 13.8 Å². The van der Waals surface area contributed by atoms with Crippen molar-refractivity contribution in [2.75, 3.05) is 36.4 Å². The van der Waals surface area contributed by atoms with Crippen LogP contribution in [0.2, 0.25) is 10.0 Å². The fourth-order valence-electron chi connectivity index (χ4n) is 4.45. The molecular weight excluding hydrogens is 517 g/mol. The predicted octanol–water partition coefficient (Wildman–Crippen LogP) is 3.50. The Labute approximate surface area is 221 Å². The number of nitrogens with zero attached hydrogens (tertiary/aromatic N) is 5. The lowest BCUT2D eigenvalue weighted by atomic mass is 10.1. The van der Waals surface area contributed by atoms with Crippen molar-refractivity contribution in [3.63, 3.8) is 0 Å². The summed E-state index contributed by atoms with van der Waals surface area (Å²) in [6.45, 7) is 6.54. The average molecular weight is 540 g/mol. The van der Waals surface area contributed by atoms with Gasteiger partial charge in [-0.3, -0.25) is 14.6 Å². The number of hydrogen-bond acceptors (Lipinski definition) is 7. The van der Waals surface area contributed by atoms with Gasteiger partial charge < -0.3 is 15.1 Å². The van der Waals surface area contributed by atoms with E-state index < -0.39 is 11.2 Å². The van der Waals surface area contributed by atoms with E-state index in [2.05, 4.69) is 25.2 Å². The summed E-state index contributed by atoms with van der Waals surface area (Å²) in [6.07, 6.45) is 1.35. The number of anilines is 3. The molecule has 0 saturated carbocycles. The van der Waals surface area contributed by atoms with E-state index in [9.17, 15) is 14.4 Å². The molecule has 1 aliphatic rings. The number of rotatable bonds is 4. The first kappa shape index (κ1) is 24.8. The molecule has 190 valence electrons. The smallest absolute Gasteiger partial charge is 0.334 e. The van der Waals surface area contributed by atoms with E-state index in [1.165, 1.54) is 6.20 Å². The molecule has 5 rings (SSSR count). The second-order valence-electron chi connectivity index (χ2n) is 8.72. The molecule has 1 amide bonds. The lowest BCUT2D eigenvalue weighted by Crippen LogP contribution is -2.48. The number of nitrogens with one attached hydrogen (secondary N) is 2. The van der Waals surface area contributed by atoms with Gasteiger partial charge >= 0.3 is 5.69 Å². The van der Waals surface area contributed by atoms with Gasteiger partial charge in [0.15, 0.2) is 5.65 Å². The number of aromatic nitrogens is 4. The molecular formula is C25H23Cl2N7O3. The van der Waals surface area contributed by atoms with Gasteiger partial charge in [-0.05, 0) is 42.8 Å². The third-order valence-corrected chi connectivity index (χ3v) is 6.94. The van der Waals surface area contributed by atoms with Gasteiger partial charge in [0.1, 0.15) is 5.39 Å². The fourth-order valence-corrected chi connectivity index (χ4v) is 5.02. The molecule has 37 heavy (non-hydrogen) atoms. The van der Waals surface area contributed by atoms with Crippen LogP contribution in [0.4, 0.5) is 17.3 Å². The molecule has 1 saturated heterocycles. The van der Waals surface area contributed by atoms with Crippen LogP contribution in [0.1, 0.15) is 12.5 Å². The molecule has 0 aliphatic carbocycles. The largest absolute Gasteiger partial charge is 0.368 e. The van der Waals surface area contributed by atoms with E-state index in [0.29, 0.717) is 13.1 Å². The van der Waals surface area contributed by atoms with E-state index in [-0.39, 0.29) is 38.6 Å². The molecule has 12 heteroatoms. The Balaban J connectivity index is 1.41. The number of aryl methyl sites for hydroxylation is 1. The zero-order valence-corrected chi connectivity index (χ0v) is 21.6. The summed E-state index contributed by atoms with van der Waals surface area (Å²) >= 11 is 12.4. The Morgan fingerprint density at radius 3 is 2.41 bits per heavy atom. The average Bonchev–Trinajstić information content (AvgIpc) is 2.86. The third-order valence-electron chi connectivity index (χ3n) is 6.33. The molecule has 2 N–H and O–H groups in total. The van der Waals surface area contributed by atoms with Gasteiger partial charge in [0.2, 0.25) is 11.9 Å². The number of hydrogen-bond donors (Lipinski definition) is 2. The van der Waals surface area contributed by atoms with Gasteiger partial charge in [-0.25, -0.2) is 14.3 Å². The number of H-pyrrole nitrogens is 1. The molecule has 0 atom stereocenters. The highest BCUT2D eigenvalue weighted by Crippen LogP contribution is 2.27. The van der Waals surface area contributed by atoms with E-state index in [4.69, 9.17) is 23.2 Å². The molecule has 10 nitrogen and oxygen atoms in total. The SMILES string of the molecule is CC(=O)N1CCN(c2ccc(Nc3ncc4c(=O)n(-c5c(Cl)cccc5Cl)c(=O)[nH]c4n3)cc2C)CC1. The van der Waals surface area contributed by atoms with Crippen LogP contribution in [0.5, 0.6) is 0 Å². The number of carbonyl (C=O) groups is 1. The zero-order valence-electron chi connectivity index (χ0n) is 20.1. The first-order valence-electron chi connectivity index (χ1n) is 11.6. The predicted molar refractivity (Wildman–Crippen MR) is 145 cm³/mol. The second kappa shape index (κ2) is 9.87. The van der Waals surface area contributed by atoms with Crippen LogP contribution >= 0.6 is 23.2 Å². The maximum atomic E-state index is 13.1. The van der Waals surface area contributed by atoms with Crippen LogP contribution in [0.3, 0.4) is 0 Å². The molecule has 2 aromatic carbocycles. The van der Waals surface area contributed by atoms with E-state index in [0.717, 1.165) is 34.6 Å². The number of amides is 1. The highest BCUT2D eigenvalue weighted by atomic mass is 35.5. The molecule has 0 bridgehead atoms. The first-order valence-corrected chi connectivity index (χ1v) is 12.3. The number of carbonyl (C=O) groups excluding carboxylic acids is 1. The Kier molecular flexibility index (Phi) is 6.61. The number of piperazine rings is 1. The maximum Gasteiger partial charge on any atom is 0.334 e. The van der Waals surface area contributed by atoms with Crippen LogP contribution in [0.25, 0.3) is 16.7 Å². The third kappa shape index (κ3) is 4.77. The second-order valence-corrected chi connectivity index (χ2v) is 9.53. The van der Waals surface area contributed by atoms with E-state index in [1.54, 1.807) is 25.1 Å². The van der Waals surface area contributed by atoms with Gasteiger partial charge in [0.05, 0.1) is 15.7 Å². The highest BCUT2D eigenvalue weighted by Gasteiger charge is 2.20. The number of halogens is 2. The van der Waals surface area contributed by atoms with Crippen molar-refractivity contribution < 1.29 is 4.79 Å². The highest BCUT2D eigenvalue weighted by molar-refractivity contribution is 6.37. The van der Waals surface area contributed by atoms with Crippen LogP contribution in [0.15, 0.2) is 52.2 Å². The van der Waals surface area contributed by atoms with Crippen molar-refractivity contribution >= 4 is 57.5 Å². The Morgan fingerprint density at radius 2 is 1.76 bits per heavy atom. The first-order chi connectivity index (χ1) is 17.7. The van der Waals surface area contributed by atoms with Gasteiger partial charge in [-0.1, -0.05) is 29.3 Å². The van der Waals surface area contributed by atoms with Gasteiger partial charge in [-0.15, -0.1) is 0 Å². The van der Waals surface area contributed by atoms with Crippen molar-refractivity contribution in [3.05, 3.63) is 79.0 Å². The fraction of sp³-hybridized carbons (Fsp3) is 0.240. The van der Waals surface area contributed by atoms with Crippen molar-refractivity contribution in [1.29, 1.82) is 0 Å². The lowest BCUT2D eigenvalue weighted by molar-refractivity contribution is -0.129. The van der Waals surface area contributed by atoms with Crippen molar-refractivity contribution in [1.82, 2.24) is 24.4 Å². The molecule has 3 heterocycles. The Morgan fingerprint density at radius 1 is 1.05 bits per heavy atom. The minimum atomic E-state index is -0.720. The molecule has 4 aromatic rings. The van der Waals surface area contributed by atoms with Crippen LogP contribution in [-0.2, 0) is 4.79 Å².